The van der Waals surface area contributed by atoms with E-state index in [-0.39, 0.29) is 7.46 Å². The van der Waals surface area contributed by atoms with E-state index in [0.29, 0.717) is 13.1 Å². The number of urea groups is 1. The van der Waals surface area contributed by atoms with Crippen LogP contribution in [0, 0.1) is 0 Å². The molecule has 5 aromatic rings. The highest BCUT2D eigenvalue weighted by Crippen LogP contribution is 2.36. The minimum absolute atomic E-state index is 0. The molecule has 5 aromatic carbocycles. The molecule has 5 heteroatoms. The Morgan fingerprint density at radius 2 is 1.43 bits per heavy atom. The Hall–Kier alpha value is -4.35. The highest BCUT2D eigenvalue weighted by atomic mass is 16.5. The van der Waals surface area contributed by atoms with Gasteiger partial charge in [0.1, 0.15) is 11.5 Å². The van der Waals surface area contributed by atoms with Crippen molar-refractivity contribution in [3.05, 3.63) is 115 Å². The second-order valence-corrected chi connectivity index (χ2v) is 9.45. The molecule has 0 aromatic heterocycles. The summed E-state index contributed by atoms with van der Waals surface area (Å²) in [6.45, 7) is 3.91. The van der Waals surface area contributed by atoms with Gasteiger partial charge in [-0.3, -0.25) is 4.90 Å². The Kier molecular flexibility index (Phi) is 6.44. The Morgan fingerprint density at radius 1 is 0.730 bits per heavy atom. The van der Waals surface area contributed by atoms with Crippen LogP contribution in [0.1, 0.15) is 6.99 Å². The molecule has 0 atom stereocenters. The molecule has 1 saturated heterocycles. The van der Waals surface area contributed by atoms with Gasteiger partial charge in [-0.15, -0.1) is 0 Å². The molecule has 186 valence electrons. The number of para-hydroxylation sites is 1. The molecule has 5 nitrogen and oxygen atoms in total. The summed E-state index contributed by atoms with van der Waals surface area (Å²) in [7, 11) is 0. The molecule has 0 bridgehead atoms. The third-order valence-electron chi connectivity index (χ3n) is 6.95. The first-order valence-electron chi connectivity index (χ1n) is 12.7. The summed E-state index contributed by atoms with van der Waals surface area (Å²) in [5.74, 6) is 1.70. The number of hydrogen-bond donors (Lipinski definition) is 1. The Labute approximate surface area is 218 Å². The van der Waals surface area contributed by atoms with E-state index in [2.05, 4.69) is 83.0 Å². The number of rotatable bonds is 5. The van der Waals surface area contributed by atoms with Crippen LogP contribution in [0.25, 0.3) is 21.5 Å². The normalized spacial score (nSPS) is 14.1. The van der Waals surface area contributed by atoms with Gasteiger partial charge in [-0.05, 0) is 52.1 Å². The van der Waals surface area contributed by atoms with Crippen LogP contribution in [0.4, 0.5) is 10.5 Å². The van der Waals surface area contributed by atoms with Crippen molar-refractivity contribution in [2.45, 2.75) is 6.54 Å². The van der Waals surface area contributed by atoms with Crippen LogP contribution in [-0.4, -0.2) is 42.0 Å². The highest BCUT2D eigenvalue weighted by Gasteiger charge is 2.21. The predicted octanol–water partition coefficient (Wildman–Crippen LogP) is 7.38. The summed E-state index contributed by atoms with van der Waals surface area (Å²) in [5.41, 5.74) is 2.02. The molecule has 1 aliphatic heterocycles. The first-order valence-corrected chi connectivity index (χ1v) is 12.7. The number of hydrogen-bond acceptors (Lipinski definition) is 3. The molecule has 2 amide bonds. The molecule has 1 aliphatic rings. The summed E-state index contributed by atoms with van der Waals surface area (Å²) in [5, 5.41) is 7.69. The smallest absolute Gasteiger partial charge is 0.321 e. The third-order valence-corrected chi connectivity index (χ3v) is 6.95. The van der Waals surface area contributed by atoms with Crippen LogP contribution in [0.3, 0.4) is 0 Å². The Balaban J connectivity index is 0.00000294. The van der Waals surface area contributed by atoms with Gasteiger partial charge < -0.3 is 15.0 Å². The lowest BCUT2D eigenvalue weighted by molar-refractivity contribution is 0.143. The maximum absolute atomic E-state index is 12.6. The van der Waals surface area contributed by atoms with Crippen LogP contribution in [0.2, 0.25) is 0 Å². The average molecular weight is 490 g/mol. The second-order valence-electron chi connectivity index (χ2n) is 9.45. The number of piperazine rings is 1. The summed E-state index contributed by atoms with van der Waals surface area (Å²) in [6.07, 6.45) is 0. The fraction of sp³-hybridized carbons (Fsp3) is 0.156. The quantitative estimate of drug-likeness (QED) is 0.262. The Morgan fingerprint density at radius 3 is 2.24 bits per heavy atom. The molecular formula is C32H31N3O2. The van der Waals surface area contributed by atoms with Crippen molar-refractivity contribution in [1.29, 1.82) is 0 Å². The molecule has 0 saturated carbocycles. The molecule has 0 spiro atoms. The van der Waals surface area contributed by atoms with E-state index in [9.17, 15) is 4.79 Å². The number of ether oxygens (including phenoxy) is 1. The molecule has 0 radical (unpaired) electrons. The van der Waals surface area contributed by atoms with Crippen molar-refractivity contribution in [2.24, 2.45) is 0 Å². The fourth-order valence-electron chi connectivity index (χ4n) is 5.03. The number of fused-ring (bicyclic) bond motifs is 3. The van der Waals surface area contributed by atoms with Gasteiger partial charge >= 0.3 is 6.03 Å². The maximum Gasteiger partial charge on any atom is 0.321 e. The van der Waals surface area contributed by atoms with Crippen LogP contribution in [0.5, 0.6) is 11.5 Å². The minimum atomic E-state index is -0.0381. The SMILES string of the molecule is O=C(Nc1ccccc1)N1CCN(Cc2cccc(Oc3cc4ccccc4c4ccccc34)c2)CC1.[HH]. The number of nitrogens with one attached hydrogen (secondary N) is 1. The highest BCUT2D eigenvalue weighted by molar-refractivity contribution is 6.10. The van der Waals surface area contributed by atoms with Crippen LogP contribution in [0.15, 0.2) is 109 Å². The lowest BCUT2D eigenvalue weighted by Gasteiger charge is -2.34. The maximum atomic E-state index is 12.6. The zero-order valence-corrected chi connectivity index (χ0v) is 20.6. The summed E-state index contributed by atoms with van der Waals surface area (Å²) >= 11 is 0. The second kappa shape index (κ2) is 10.3. The van der Waals surface area contributed by atoms with Gasteiger partial charge in [-0.25, -0.2) is 4.79 Å². The van der Waals surface area contributed by atoms with Gasteiger partial charge in [0.2, 0.25) is 0 Å². The van der Waals surface area contributed by atoms with Gasteiger partial charge in [-0.1, -0.05) is 78.9 Å². The van der Waals surface area contributed by atoms with E-state index >= 15 is 0 Å². The van der Waals surface area contributed by atoms with Crippen molar-refractivity contribution in [3.63, 3.8) is 0 Å². The molecule has 1 N–H and O–H groups in total. The lowest BCUT2D eigenvalue weighted by Crippen LogP contribution is -2.49. The fourth-order valence-corrected chi connectivity index (χ4v) is 5.03. The van der Waals surface area contributed by atoms with Crippen LogP contribution >= 0.6 is 0 Å². The van der Waals surface area contributed by atoms with Crippen molar-refractivity contribution >= 4 is 33.3 Å². The van der Waals surface area contributed by atoms with Gasteiger partial charge in [0, 0.05) is 45.2 Å². The number of carbonyl (C=O) groups excluding carboxylic acids is 1. The van der Waals surface area contributed by atoms with Crippen LogP contribution in [-0.2, 0) is 6.54 Å². The van der Waals surface area contributed by atoms with Gasteiger partial charge in [0.05, 0.1) is 0 Å². The molecular weight excluding hydrogens is 458 g/mol. The molecule has 1 heterocycles. The van der Waals surface area contributed by atoms with Gasteiger partial charge in [0.25, 0.3) is 0 Å². The minimum Gasteiger partial charge on any atom is -0.457 e. The molecule has 37 heavy (non-hydrogen) atoms. The molecule has 0 unspecified atom stereocenters. The van der Waals surface area contributed by atoms with Crippen molar-refractivity contribution in [1.82, 2.24) is 9.80 Å². The monoisotopic (exact) mass is 489 g/mol. The molecule has 0 aliphatic carbocycles. The summed E-state index contributed by atoms with van der Waals surface area (Å²) in [6, 6.07) is 36.9. The van der Waals surface area contributed by atoms with Crippen molar-refractivity contribution in [2.75, 3.05) is 31.5 Å². The number of amides is 2. The first-order chi connectivity index (χ1) is 18.2. The number of benzene rings is 5. The van der Waals surface area contributed by atoms with E-state index in [1.54, 1.807) is 0 Å². The Bertz CT molecular complexity index is 1550. The van der Waals surface area contributed by atoms with Crippen LogP contribution < -0.4 is 10.1 Å². The van der Waals surface area contributed by atoms with E-state index in [4.69, 9.17) is 4.74 Å². The number of nitrogens with zero attached hydrogens (tertiary/aromatic N) is 2. The first kappa shape index (κ1) is 23.1. The predicted molar refractivity (Wildman–Crippen MR) is 152 cm³/mol. The number of anilines is 1. The van der Waals surface area contributed by atoms with Gasteiger partial charge in [0.15, 0.2) is 0 Å². The lowest BCUT2D eigenvalue weighted by atomic mass is 10.0. The average Bonchev–Trinajstić information content (AvgIpc) is 2.94. The largest absolute Gasteiger partial charge is 0.457 e. The molecule has 1 fully saturated rings. The van der Waals surface area contributed by atoms with E-state index < -0.39 is 0 Å². The summed E-state index contributed by atoms with van der Waals surface area (Å²) < 4.78 is 6.46. The van der Waals surface area contributed by atoms with Gasteiger partial charge in [-0.2, -0.15) is 0 Å². The van der Waals surface area contributed by atoms with Crippen molar-refractivity contribution < 1.29 is 11.0 Å². The van der Waals surface area contributed by atoms with E-state index in [0.717, 1.165) is 42.2 Å². The zero-order chi connectivity index (χ0) is 25.0. The van der Waals surface area contributed by atoms with E-state index in [1.807, 2.05) is 41.3 Å². The zero-order valence-electron chi connectivity index (χ0n) is 20.6. The van der Waals surface area contributed by atoms with Crippen molar-refractivity contribution in [3.8, 4) is 11.5 Å². The number of carbonyl (C=O) groups is 1. The topological polar surface area (TPSA) is 44.8 Å². The molecule has 6 rings (SSSR count). The third kappa shape index (κ3) is 5.13. The summed E-state index contributed by atoms with van der Waals surface area (Å²) in [4.78, 5) is 16.9. The standard InChI is InChI=1S/C32H29N3O2.H2/c36-32(33-26-11-2-1-3-12-26)35-19-17-34(18-20-35)23-24-9-8-13-27(21-24)37-31-22-25-10-4-5-14-28(25)29-15-6-7-16-30(29)31;/h1-16,21-22H,17-20,23H2,(H,33,36);1H. The van der Waals surface area contributed by atoms with E-state index in [1.165, 1.54) is 21.7 Å².